The molecule has 1 unspecified atom stereocenters. The smallest absolute Gasteiger partial charge is 0.262 e. The molecule has 2 saturated heterocycles. The molecular weight excluding hydrogens is 720 g/mol. The predicted octanol–water partition coefficient (Wildman–Crippen LogP) is 4.86. The monoisotopic (exact) mass is 762 g/mol. The van der Waals surface area contributed by atoms with Gasteiger partial charge in [0.05, 0.1) is 21.7 Å². The zero-order valence-electron chi connectivity index (χ0n) is 30.9. The van der Waals surface area contributed by atoms with Gasteiger partial charge in [0.2, 0.25) is 11.8 Å². The molecule has 0 bridgehead atoms. The Labute approximate surface area is 324 Å². The van der Waals surface area contributed by atoms with Crippen molar-refractivity contribution in [2.45, 2.75) is 77.1 Å². The van der Waals surface area contributed by atoms with Crippen LogP contribution in [0.5, 0.6) is 5.75 Å². The van der Waals surface area contributed by atoms with Gasteiger partial charge in [0.25, 0.3) is 17.7 Å². The number of nitriles is 1. The Kier molecular flexibility index (Phi) is 9.64. The fraction of sp³-hybridized carbons (Fsp3) is 0.429. The molecule has 8 rings (SSSR count). The summed E-state index contributed by atoms with van der Waals surface area (Å²) < 4.78 is 6.16. The zero-order valence-corrected chi connectivity index (χ0v) is 31.7. The molecular formula is C42H43ClN6O6. The maximum Gasteiger partial charge on any atom is 0.262 e. The highest BCUT2D eigenvalue weighted by Gasteiger charge is 2.51. The molecule has 3 atom stereocenters. The molecule has 3 fully saturated rings. The van der Waals surface area contributed by atoms with Crippen LogP contribution in [0, 0.1) is 22.7 Å². The third-order valence-corrected chi connectivity index (χ3v) is 12.6. The second kappa shape index (κ2) is 14.4. The third kappa shape index (κ3) is 6.96. The number of nitrogens with one attached hydrogen (secondary N) is 2. The van der Waals surface area contributed by atoms with Gasteiger partial charge in [-0.3, -0.25) is 39.1 Å². The third-order valence-electron chi connectivity index (χ3n) is 12.3. The summed E-state index contributed by atoms with van der Waals surface area (Å²) in [6, 6.07) is 17.6. The van der Waals surface area contributed by atoms with E-state index in [4.69, 9.17) is 21.6 Å². The number of imide groups is 2. The van der Waals surface area contributed by atoms with Crippen molar-refractivity contribution in [1.82, 2.24) is 20.4 Å². The number of piperidine rings is 2. The van der Waals surface area contributed by atoms with Crippen molar-refractivity contribution in [2.24, 2.45) is 11.3 Å². The van der Waals surface area contributed by atoms with Crippen LogP contribution in [0.1, 0.15) is 93.7 Å². The summed E-state index contributed by atoms with van der Waals surface area (Å²) >= 11 is 6.18. The van der Waals surface area contributed by atoms with Crippen molar-refractivity contribution >= 4 is 46.8 Å². The Morgan fingerprint density at radius 1 is 0.945 bits per heavy atom. The number of carbonyl (C=O) groups is 5. The standard InChI is InChI=1S/C42H43ClN6O6/c1-42(2)35(20-36(42)55-30-8-5-27(21-44)33(43)19-30)45-38(51)25-3-6-29(7-4-25)48-15-11-24(12-16-48)22-47-14-13-26-17-31-32(18-28(26)23-47)41(54)49(40(31)53)34-9-10-37(50)46-39(34)52/h3-8,17-19,24,34-36H,9-16,20,22-23H2,1-2H3,(H,45,51)(H,46,50,52)/t34?,35-,36-/m0/s1. The maximum atomic E-state index is 13.4. The van der Waals surface area contributed by atoms with Gasteiger partial charge in [-0.15, -0.1) is 0 Å². The average Bonchev–Trinajstić information content (AvgIpc) is 3.41. The molecule has 0 spiro atoms. The van der Waals surface area contributed by atoms with E-state index in [1.165, 1.54) is 0 Å². The van der Waals surface area contributed by atoms with Gasteiger partial charge >= 0.3 is 0 Å². The Morgan fingerprint density at radius 3 is 2.31 bits per heavy atom. The number of anilines is 1. The second-order valence-electron chi connectivity index (χ2n) is 16.0. The van der Waals surface area contributed by atoms with Crippen molar-refractivity contribution in [2.75, 3.05) is 31.1 Å². The number of halogens is 1. The number of nitrogens with zero attached hydrogens (tertiary/aromatic N) is 4. The van der Waals surface area contributed by atoms with E-state index >= 15 is 0 Å². The highest BCUT2D eigenvalue weighted by atomic mass is 35.5. The van der Waals surface area contributed by atoms with Gasteiger partial charge in [0, 0.05) is 74.3 Å². The van der Waals surface area contributed by atoms with Crippen LogP contribution in [0.4, 0.5) is 5.69 Å². The van der Waals surface area contributed by atoms with E-state index in [0.29, 0.717) is 51.9 Å². The molecule has 13 heteroatoms. The van der Waals surface area contributed by atoms with Crippen molar-refractivity contribution < 1.29 is 28.7 Å². The minimum atomic E-state index is -0.967. The summed E-state index contributed by atoms with van der Waals surface area (Å²) in [5, 5.41) is 14.9. The fourth-order valence-electron chi connectivity index (χ4n) is 8.70. The first-order chi connectivity index (χ1) is 26.4. The van der Waals surface area contributed by atoms with Gasteiger partial charge in [-0.05, 0) is 91.3 Å². The summed E-state index contributed by atoms with van der Waals surface area (Å²) in [6.45, 7) is 8.50. The number of ether oxygens (including phenoxy) is 1. The SMILES string of the molecule is CC1(C)[C@@H](NC(=O)c2ccc(N3CCC(CN4CCc5cc6c(cc5C4)C(=O)N(C4CCC(=O)NC4=O)C6=O)CC3)cc2)C[C@@H]1Oc1ccc(C#N)c(Cl)c1. The van der Waals surface area contributed by atoms with Crippen LogP contribution in [0.3, 0.4) is 0 Å². The lowest BCUT2D eigenvalue weighted by Crippen LogP contribution is -2.63. The van der Waals surface area contributed by atoms with E-state index in [-0.39, 0.29) is 42.2 Å². The predicted molar refractivity (Wildman–Crippen MR) is 204 cm³/mol. The van der Waals surface area contributed by atoms with Crippen LogP contribution < -0.4 is 20.3 Å². The van der Waals surface area contributed by atoms with E-state index in [9.17, 15) is 24.0 Å². The van der Waals surface area contributed by atoms with Crippen LogP contribution in [-0.4, -0.2) is 83.7 Å². The molecule has 4 heterocycles. The van der Waals surface area contributed by atoms with E-state index in [0.717, 1.165) is 67.2 Å². The first-order valence-corrected chi connectivity index (χ1v) is 19.4. The van der Waals surface area contributed by atoms with Crippen molar-refractivity contribution in [1.29, 1.82) is 5.26 Å². The molecule has 4 aliphatic heterocycles. The van der Waals surface area contributed by atoms with Crippen LogP contribution in [0.15, 0.2) is 54.6 Å². The molecule has 3 aromatic carbocycles. The van der Waals surface area contributed by atoms with E-state index in [1.807, 2.05) is 36.4 Å². The Bertz CT molecular complexity index is 2140. The molecule has 0 radical (unpaired) electrons. The molecule has 1 aliphatic carbocycles. The van der Waals surface area contributed by atoms with Gasteiger partial charge in [0.15, 0.2) is 0 Å². The Morgan fingerprint density at radius 2 is 1.65 bits per heavy atom. The first-order valence-electron chi connectivity index (χ1n) is 19.0. The molecule has 5 aliphatic rings. The molecule has 55 heavy (non-hydrogen) atoms. The minimum absolute atomic E-state index is 0.0474. The van der Waals surface area contributed by atoms with Crippen molar-refractivity contribution in [3.8, 4) is 11.8 Å². The minimum Gasteiger partial charge on any atom is -0.490 e. The second-order valence-corrected chi connectivity index (χ2v) is 16.4. The Balaban J connectivity index is 0.809. The zero-order chi connectivity index (χ0) is 38.6. The number of carbonyl (C=O) groups excluding carboxylic acids is 5. The van der Waals surface area contributed by atoms with Crippen LogP contribution in [-0.2, 0) is 22.6 Å². The number of fused-ring (bicyclic) bond motifs is 2. The lowest BCUT2D eigenvalue weighted by Gasteiger charge is -2.51. The molecule has 284 valence electrons. The molecule has 12 nitrogen and oxygen atoms in total. The number of rotatable bonds is 8. The number of amides is 5. The quantitative estimate of drug-likeness (QED) is 0.307. The van der Waals surface area contributed by atoms with Crippen LogP contribution in [0.2, 0.25) is 5.02 Å². The van der Waals surface area contributed by atoms with Gasteiger partial charge in [-0.2, -0.15) is 5.26 Å². The summed E-state index contributed by atoms with van der Waals surface area (Å²) in [5.41, 5.74) is 4.61. The normalized spacial score (nSPS) is 23.7. The van der Waals surface area contributed by atoms with Crippen LogP contribution in [0.25, 0.3) is 0 Å². The lowest BCUT2D eigenvalue weighted by molar-refractivity contribution is -0.136. The maximum absolute atomic E-state index is 13.4. The molecule has 3 aromatic rings. The molecule has 2 N–H and O–H groups in total. The van der Waals surface area contributed by atoms with Gasteiger partial charge in [-0.1, -0.05) is 25.4 Å². The summed E-state index contributed by atoms with van der Waals surface area (Å²) in [4.78, 5) is 69.8. The molecule has 0 aromatic heterocycles. The first kappa shape index (κ1) is 36.7. The number of benzene rings is 3. The van der Waals surface area contributed by atoms with E-state index < -0.39 is 23.8 Å². The highest BCUT2D eigenvalue weighted by molar-refractivity contribution is 6.31. The van der Waals surface area contributed by atoms with Gasteiger partial charge < -0.3 is 15.0 Å². The number of hydrogen-bond acceptors (Lipinski definition) is 9. The van der Waals surface area contributed by atoms with Gasteiger partial charge in [-0.25, -0.2) is 0 Å². The van der Waals surface area contributed by atoms with E-state index in [1.54, 1.807) is 18.2 Å². The topological polar surface area (TPSA) is 152 Å². The lowest BCUT2D eigenvalue weighted by atomic mass is 9.64. The molecule has 1 saturated carbocycles. The summed E-state index contributed by atoms with van der Waals surface area (Å²) in [6.07, 6.45) is 3.66. The van der Waals surface area contributed by atoms with Crippen molar-refractivity contribution in [3.63, 3.8) is 0 Å². The number of hydrogen-bond donors (Lipinski definition) is 2. The van der Waals surface area contributed by atoms with Gasteiger partial charge in [0.1, 0.15) is 24.0 Å². The largest absolute Gasteiger partial charge is 0.490 e. The average molecular weight is 763 g/mol. The Hall–Kier alpha value is -5.25. The molecule has 5 amide bonds. The fourth-order valence-corrected chi connectivity index (χ4v) is 8.91. The van der Waals surface area contributed by atoms with Crippen molar-refractivity contribution in [3.05, 3.63) is 93.0 Å². The van der Waals surface area contributed by atoms with Crippen LogP contribution >= 0.6 is 11.6 Å². The van der Waals surface area contributed by atoms with E-state index in [2.05, 4.69) is 40.4 Å². The summed E-state index contributed by atoms with van der Waals surface area (Å²) in [5.74, 6) is -0.904. The highest BCUT2D eigenvalue weighted by Crippen LogP contribution is 2.44. The summed E-state index contributed by atoms with van der Waals surface area (Å²) in [7, 11) is 0.